The lowest BCUT2D eigenvalue weighted by Gasteiger charge is -2.32. The number of amides is 1. The Kier molecular flexibility index (Phi) is 4.74. The van der Waals surface area contributed by atoms with Crippen LogP contribution in [0.2, 0.25) is 0 Å². The zero-order valence-corrected chi connectivity index (χ0v) is 15.3. The number of benzene rings is 1. The number of imidazole rings is 1. The average Bonchev–Trinajstić information content (AvgIpc) is 3.07. The highest BCUT2D eigenvalue weighted by atomic mass is 16.2. The van der Waals surface area contributed by atoms with Crippen LogP contribution in [0.15, 0.2) is 54.7 Å². The quantitative estimate of drug-likeness (QED) is 0.716. The van der Waals surface area contributed by atoms with Gasteiger partial charge < -0.3 is 4.90 Å². The molecule has 1 aliphatic rings. The molecule has 2 aromatic heterocycles. The van der Waals surface area contributed by atoms with Crippen LogP contribution in [-0.2, 0) is 12.8 Å². The number of aromatic nitrogens is 2. The Morgan fingerprint density at radius 3 is 2.54 bits per heavy atom. The molecule has 1 aliphatic heterocycles. The Bertz CT molecular complexity index is 892. The van der Waals surface area contributed by atoms with Crippen molar-refractivity contribution in [2.24, 2.45) is 5.92 Å². The maximum Gasteiger partial charge on any atom is 0.272 e. The molecule has 0 spiro atoms. The number of hydrogen-bond donors (Lipinski definition) is 0. The first kappa shape index (κ1) is 16.8. The van der Waals surface area contributed by atoms with Crippen LogP contribution in [-0.4, -0.2) is 33.3 Å². The SMILES string of the molecule is CCc1nc2ccccn2c1C(=O)N1CCC(Cc2ccccc2)CC1. The van der Waals surface area contributed by atoms with Crippen molar-refractivity contribution in [2.75, 3.05) is 13.1 Å². The van der Waals surface area contributed by atoms with Crippen molar-refractivity contribution in [3.8, 4) is 0 Å². The summed E-state index contributed by atoms with van der Waals surface area (Å²) in [6.45, 7) is 3.73. The molecule has 4 heteroatoms. The van der Waals surface area contributed by atoms with Crippen LogP contribution < -0.4 is 0 Å². The van der Waals surface area contributed by atoms with Gasteiger partial charge in [-0.05, 0) is 49.3 Å². The summed E-state index contributed by atoms with van der Waals surface area (Å²) in [5.74, 6) is 0.785. The van der Waals surface area contributed by atoms with E-state index in [1.807, 2.05) is 33.7 Å². The van der Waals surface area contributed by atoms with Gasteiger partial charge >= 0.3 is 0 Å². The topological polar surface area (TPSA) is 37.6 Å². The number of pyridine rings is 1. The number of likely N-dealkylation sites (tertiary alicyclic amines) is 1. The molecule has 1 fully saturated rings. The number of nitrogens with zero attached hydrogens (tertiary/aromatic N) is 3. The second-order valence-electron chi connectivity index (χ2n) is 7.11. The molecule has 0 bridgehead atoms. The molecule has 3 aromatic rings. The Hall–Kier alpha value is -2.62. The first-order chi connectivity index (χ1) is 12.8. The minimum atomic E-state index is 0.124. The third kappa shape index (κ3) is 3.24. The maximum absolute atomic E-state index is 13.2. The van der Waals surface area contributed by atoms with Gasteiger partial charge in [-0.1, -0.05) is 43.3 Å². The van der Waals surface area contributed by atoms with Crippen molar-refractivity contribution < 1.29 is 4.79 Å². The minimum absolute atomic E-state index is 0.124. The molecule has 0 aliphatic carbocycles. The molecular formula is C22H25N3O. The highest BCUT2D eigenvalue weighted by Gasteiger charge is 2.27. The van der Waals surface area contributed by atoms with Crippen LogP contribution in [0.1, 0.15) is 41.5 Å². The number of piperidine rings is 1. The zero-order chi connectivity index (χ0) is 17.9. The number of rotatable bonds is 4. The fourth-order valence-corrected chi connectivity index (χ4v) is 3.95. The van der Waals surface area contributed by atoms with Crippen molar-refractivity contribution in [3.05, 3.63) is 71.7 Å². The molecule has 26 heavy (non-hydrogen) atoms. The molecule has 4 rings (SSSR count). The fraction of sp³-hybridized carbons (Fsp3) is 0.364. The second kappa shape index (κ2) is 7.32. The Balaban J connectivity index is 1.47. The second-order valence-corrected chi connectivity index (χ2v) is 7.11. The minimum Gasteiger partial charge on any atom is -0.337 e. The van der Waals surface area contributed by atoms with Gasteiger partial charge in [0, 0.05) is 19.3 Å². The first-order valence-corrected chi connectivity index (χ1v) is 9.55. The van der Waals surface area contributed by atoms with E-state index in [1.54, 1.807) is 0 Å². The van der Waals surface area contributed by atoms with Gasteiger partial charge in [-0.2, -0.15) is 0 Å². The highest BCUT2D eigenvalue weighted by Crippen LogP contribution is 2.24. The highest BCUT2D eigenvalue weighted by molar-refractivity contribution is 5.94. The largest absolute Gasteiger partial charge is 0.337 e. The molecule has 0 N–H and O–H groups in total. The molecule has 1 amide bonds. The summed E-state index contributed by atoms with van der Waals surface area (Å²) in [4.78, 5) is 19.8. The van der Waals surface area contributed by atoms with Gasteiger partial charge in [0.05, 0.1) is 5.69 Å². The lowest BCUT2D eigenvalue weighted by Crippen LogP contribution is -2.39. The summed E-state index contributed by atoms with van der Waals surface area (Å²) in [7, 11) is 0. The van der Waals surface area contributed by atoms with E-state index in [4.69, 9.17) is 0 Å². The molecule has 3 heterocycles. The van der Waals surface area contributed by atoms with Crippen LogP contribution in [0.4, 0.5) is 0 Å². The Morgan fingerprint density at radius 1 is 1.08 bits per heavy atom. The van der Waals surface area contributed by atoms with Crippen molar-refractivity contribution in [1.29, 1.82) is 0 Å². The van der Waals surface area contributed by atoms with Crippen molar-refractivity contribution in [3.63, 3.8) is 0 Å². The molecular weight excluding hydrogens is 322 g/mol. The Morgan fingerprint density at radius 2 is 1.81 bits per heavy atom. The van der Waals surface area contributed by atoms with Gasteiger partial charge in [0.1, 0.15) is 11.3 Å². The van der Waals surface area contributed by atoms with E-state index < -0.39 is 0 Å². The van der Waals surface area contributed by atoms with E-state index in [9.17, 15) is 4.79 Å². The molecule has 1 saturated heterocycles. The summed E-state index contributed by atoms with van der Waals surface area (Å²) in [5.41, 5.74) is 3.89. The standard InChI is InChI=1S/C22H25N3O/c1-2-19-21(25-13-7-6-10-20(25)23-19)22(26)24-14-11-18(12-15-24)16-17-8-4-3-5-9-17/h3-10,13,18H,2,11-12,14-16H2,1H3. The van der Waals surface area contributed by atoms with Gasteiger partial charge in [-0.15, -0.1) is 0 Å². The van der Waals surface area contributed by atoms with Gasteiger partial charge in [0.2, 0.25) is 0 Å². The molecule has 1 aromatic carbocycles. The summed E-state index contributed by atoms with van der Waals surface area (Å²) < 4.78 is 1.94. The molecule has 0 unspecified atom stereocenters. The average molecular weight is 347 g/mol. The summed E-state index contributed by atoms with van der Waals surface area (Å²) >= 11 is 0. The normalized spacial score (nSPS) is 15.5. The number of hydrogen-bond acceptors (Lipinski definition) is 2. The van der Waals surface area contributed by atoms with Gasteiger partial charge in [0.25, 0.3) is 5.91 Å². The smallest absolute Gasteiger partial charge is 0.272 e. The van der Waals surface area contributed by atoms with Crippen LogP contribution in [0.3, 0.4) is 0 Å². The van der Waals surface area contributed by atoms with Crippen LogP contribution in [0.5, 0.6) is 0 Å². The molecule has 134 valence electrons. The summed E-state index contributed by atoms with van der Waals surface area (Å²) in [6, 6.07) is 16.5. The molecule has 0 radical (unpaired) electrons. The predicted octanol–water partition coefficient (Wildman–Crippen LogP) is 3.99. The van der Waals surface area contributed by atoms with E-state index in [1.165, 1.54) is 5.56 Å². The van der Waals surface area contributed by atoms with E-state index in [0.29, 0.717) is 5.92 Å². The predicted molar refractivity (Wildman–Crippen MR) is 103 cm³/mol. The number of fused-ring (bicyclic) bond motifs is 1. The summed E-state index contributed by atoms with van der Waals surface area (Å²) in [6.07, 6.45) is 5.96. The maximum atomic E-state index is 13.2. The van der Waals surface area contributed by atoms with E-state index in [2.05, 4.69) is 42.2 Å². The molecule has 0 atom stereocenters. The van der Waals surface area contributed by atoms with Gasteiger partial charge in [-0.25, -0.2) is 4.98 Å². The van der Waals surface area contributed by atoms with Gasteiger partial charge in [0.15, 0.2) is 0 Å². The van der Waals surface area contributed by atoms with Crippen molar-refractivity contribution >= 4 is 11.6 Å². The van der Waals surface area contributed by atoms with Crippen LogP contribution in [0.25, 0.3) is 5.65 Å². The monoisotopic (exact) mass is 347 g/mol. The molecule has 0 saturated carbocycles. The first-order valence-electron chi connectivity index (χ1n) is 9.55. The summed E-state index contributed by atoms with van der Waals surface area (Å²) in [5, 5.41) is 0. The van der Waals surface area contributed by atoms with E-state index >= 15 is 0 Å². The lowest BCUT2D eigenvalue weighted by atomic mass is 9.90. The number of carbonyl (C=O) groups is 1. The number of aryl methyl sites for hydroxylation is 1. The van der Waals surface area contributed by atoms with Crippen LogP contribution >= 0.6 is 0 Å². The van der Waals surface area contributed by atoms with Gasteiger partial charge in [-0.3, -0.25) is 9.20 Å². The molecule has 4 nitrogen and oxygen atoms in total. The van der Waals surface area contributed by atoms with E-state index in [-0.39, 0.29) is 5.91 Å². The fourth-order valence-electron chi connectivity index (χ4n) is 3.95. The zero-order valence-electron chi connectivity index (χ0n) is 15.3. The van der Waals surface area contributed by atoms with Crippen molar-refractivity contribution in [2.45, 2.75) is 32.6 Å². The van der Waals surface area contributed by atoms with Crippen LogP contribution in [0, 0.1) is 5.92 Å². The lowest BCUT2D eigenvalue weighted by molar-refractivity contribution is 0.0682. The van der Waals surface area contributed by atoms with E-state index in [0.717, 1.165) is 55.8 Å². The van der Waals surface area contributed by atoms with Crippen molar-refractivity contribution in [1.82, 2.24) is 14.3 Å². The third-order valence-electron chi connectivity index (χ3n) is 5.41. The Labute approximate surface area is 154 Å². The third-order valence-corrected chi connectivity index (χ3v) is 5.41. The number of carbonyl (C=O) groups excluding carboxylic acids is 1.